The lowest BCUT2D eigenvalue weighted by Crippen LogP contribution is -2.29. The molecule has 12 heteroatoms. The Morgan fingerprint density at radius 2 is 1.83 bits per heavy atom. The highest BCUT2D eigenvalue weighted by Gasteiger charge is 2.30. The summed E-state index contributed by atoms with van der Waals surface area (Å²) < 4.78 is 32.6. The molecule has 1 aliphatic rings. The number of fused-ring (bicyclic) bond motifs is 2. The second-order valence-electron chi connectivity index (χ2n) is 10.8. The Bertz CT molecular complexity index is 1660. The average molecular weight is 580 g/mol. The number of rotatable bonds is 5. The van der Waals surface area contributed by atoms with Gasteiger partial charge in [-0.3, -0.25) is 4.79 Å². The van der Waals surface area contributed by atoms with Gasteiger partial charge in [-0.25, -0.2) is 27.9 Å². The van der Waals surface area contributed by atoms with Crippen molar-refractivity contribution in [3.8, 4) is 0 Å². The highest BCUT2D eigenvalue weighted by atomic mass is 19.1. The van der Waals surface area contributed by atoms with E-state index in [0.717, 1.165) is 39.0 Å². The van der Waals surface area contributed by atoms with Gasteiger partial charge in [0, 0.05) is 12.6 Å². The lowest BCUT2D eigenvalue weighted by atomic mass is 9.97. The van der Waals surface area contributed by atoms with E-state index in [-0.39, 0.29) is 23.2 Å². The number of carboxylic acid groups (broad SMARTS) is 1. The third kappa shape index (κ3) is 6.60. The van der Waals surface area contributed by atoms with E-state index >= 15 is 0 Å². The van der Waals surface area contributed by atoms with Crippen LogP contribution in [0.3, 0.4) is 0 Å². The van der Waals surface area contributed by atoms with Gasteiger partial charge in [0.05, 0.1) is 17.8 Å². The van der Waals surface area contributed by atoms with Gasteiger partial charge < -0.3 is 20.9 Å². The van der Waals surface area contributed by atoms with E-state index in [2.05, 4.69) is 15.4 Å². The van der Waals surface area contributed by atoms with Gasteiger partial charge in [-0.05, 0) is 81.0 Å². The predicted molar refractivity (Wildman–Crippen MR) is 149 cm³/mol. The number of aromatic nitrogens is 3. The maximum absolute atomic E-state index is 14.0. The number of nitrogens with one attached hydrogen (secondary N) is 1. The van der Waals surface area contributed by atoms with E-state index in [4.69, 9.17) is 10.5 Å². The third-order valence-electron chi connectivity index (χ3n) is 6.65. The molecule has 0 saturated heterocycles. The highest BCUT2D eigenvalue weighted by Crippen LogP contribution is 2.35. The number of nitrogens with zero attached hydrogens (tertiary/aromatic N) is 3. The number of carbonyl (C=O) groups excluding carboxylic acids is 2. The summed E-state index contributed by atoms with van der Waals surface area (Å²) in [5.74, 6) is -3.45. The predicted octanol–water partition coefficient (Wildman–Crippen LogP) is 4.53. The van der Waals surface area contributed by atoms with Gasteiger partial charge in [0.1, 0.15) is 17.1 Å². The molecule has 42 heavy (non-hydrogen) atoms. The number of nitrogens with two attached hydrogens (primary N) is 1. The molecule has 0 radical (unpaired) electrons. The molecule has 1 amide bonds. The van der Waals surface area contributed by atoms with Crippen LogP contribution >= 0.6 is 0 Å². The van der Waals surface area contributed by atoms with Crippen LogP contribution in [0.1, 0.15) is 86.8 Å². The van der Waals surface area contributed by atoms with Crippen molar-refractivity contribution in [2.75, 3.05) is 0 Å². The van der Waals surface area contributed by atoms with Crippen LogP contribution in [0.4, 0.5) is 8.78 Å². The first-order valence-electron chi connectivity index (χ1n) is 13.2. The van der Waals surface area contributed by atoms with Crippen LogP contribution in [0.25, 0.3) is 5.65 Å². The van der Waals surface area contributed by atoms with E-state index < -0.39 is 35.0 Å². The molecule has 0 saturated carbocycles. The molecule has 2 aromatic carbocycles. The molecule has 2 heterocycles. The summed E-state index contributed by atoms with van der Waals surface area (Å²) in [6, 6.07) is 10.3. The van der Waals surface area contributed by atoms with Crippen molar-refractivity contribution in [2.24, 2.45) is 5.73 Å². The number of hydrogen-bond donors (Lipinski definition) is 3. The Kier molecular flexibility index (Phi) is 8.67. The summed E-state index contributed by atoms with van der Waals surface area (Å²) in [6.45, 7) is 7.73. The summed E-state index contributed by atoms with van der Waals surface area (Å²) >= 11 is 0. The monoisotopic (exact) mass is 579 g/mol. The number of halogens is 2. The van der Waals surface area contributed by atoms with E-state index in [0.29, 0.717) is 24.9 Å². The fourth-order valence-corrected chi connectivity index (χ4v) is 4.64. The van der Waals surface area contributed by atoms with Crippen molar-refractivity contribution in [1.29, 1.82) is 0 Å². The first kappa shape index (κ1) is 30.3. The Morgan fingerprint density at radius 3 is 2.45 bits per heavy atom. The molecule has 2 aromatic heterocycles. The normalized spacial score (nSPS) is 14.1. The zero-order valence-electron chi connectivity index (χ0n) is 23.6. The number of amides is 1. The van der Waals surface area contributed by atoms with Gasteiger partial charge in [-0.1, -0.05) is 18.2 Å². The van der Waals surface area contributed by atoms with Gasteiger partial charge in [0.25, 0.3) is 5.91 Å². The summed E-state index contributed by atoms with van der Waals surface area (Å²) in [4.78, 5) is 40.7. The molecule has 220 valence electrons. The number of hydrogen-bond acceptors (Lipinski definition) is 7. The van der Waals surface area contributed by atoms with Crippen LogP contribution in [0.15, 0.2) is 48.7 Å². The first-order chi connectivity index (χ1) is 19.8. The summed E-state index contributed by atoms with van der Waals surface area (Å²) in [5, 5.41) is 16.0. The molecule has 0 fully saturated rings. The molecule has 0 unspecified atom stereocenters. The first-order valence-corrected chi connectivity index (χ1v) is 13.2. The lowest BCUT2D eigenvalue weighted by Gasteiger charge is -2.21. The molecule has 4 N–H and O–H groups in total. The maximum atomic E-state index is 14.0. The number of carbonyl (C=O) groups is 3. The van der Waals surface area contributed by atoms with Crippen LogP contribution in [-0.4, -0.2) is 43.2 Å². The Hall–Kier alpha value is -4.71. The maximum Gasteiger partial charge on any atom is 0.354 e. The van der Waals surface area contributed by atoms with Crippen molar-refractivity contribution >= 4 is 23.5 Å². The van der Waals surface area contributed by atoms with Gasteiger partial charge in [0.2, 0.25) is 0 Å². The minimum atomic E-state index is -1.39. The van der Waals surface area contributed by atoms with Gasteiger partial charge in [0.15, 0.2) is 17.2 Å². The molecule has 4 aromatic rings. The summed E-state index contributed by atoms with van der Waals surface area (Å²) in [5.41, 5.74) is 7.77. The van der Waals surface area contributed by atoms with Gasteiger partial charge in [-0.2, -0.15) is 5.10 Å². The highest BCUT2D eigenvalue weighted by molar-refractivity contribution is 5.96. The van der Waals surface area contributed by atoms with Crippen molar-refractivity contribution in [3.63, 3.8) is 0 Å². The molecular formula is C30H31F2N5O5. The Morgan fingerprint density at radius 1 is 1.14 bits per heavy atom. The fraction of sp³-hybridized carbons (Fsp3) is 0.300. The minimum absolute atomic E-state index is 0.142. The van der Waals surface area contributed by atoms with E-state index in [1.165, 1.54) is 12.1 Å². The second-order valence-corrected chi connectivity index (χ2v) is 10.8. The second kappa shape index (κ2) is 12.0. The number of esters is 1. The fourth-order valence-electron chi connectivity index (χ4n) is 4.64. The van der Waals surface area contributed by atoms with Gasteiger partial charge in [-0.15, -0.1) is 0 Å². The minimum Gasteiger partial charge on any atom is -0.477 e. The van der Waals surface area contributed by atoms with E-state index in [1.54, 1.807) is 45.0 Å². The molecular weight excluding hydrogens is 548 g/mol. The van der Waals surface area contributed by atoms with Gasteiger partial charge >= 0.3 is 11.9 Å². The van der Waals surface area contributed by atoms with Crippen molar-refractivity contribution in [3.05, 3.63) is 99.5 Å². The summed E-state index contributed by atoms with van der Waals surface area (Å²) in [7, 11) is 0. The largest absolute Gasteiger partial charge is 0.477 e. The summed E-state index contributed by atoms with van der Waals surface area (Å²) in [6.07, 6.45) is 2.11. The molecule has 0 bridgehead atoms. The number of aromatic carboxylic acids is 1. The van der Waals surface area contributed by atoms with Crippen LogP contribution in [0.2, 0.25) is 0 Å². The number of benzene rings is 2. The molecule has 1 atom stereocenters. The van der Waals surface area contributed by atoms with Crippen molar-refractivity contribution in [1.82, 2.24) is 19.9 Å². The average Bonchev–Trinajstić information content (AvgIpc) is 3.51. The number of carboxylic acids is 1. The third-order valence-corrected chi connectivity index (χ3v) is 6.65. The number of ether oxygens (including phenoxy) is 1. The zero-order chi connectivity index (χ0) is 30.8. The molecule has 0 spiro atoms. The molecule has 1 aliphatic carbocycles. The van der Waals surface area contributed by atoms with Crippen molar-refractivity contribution < 1.29 is 33.0 Å². The topological polar surface area (TPSA) is 149 Å². The van der Waals surface area contributed by atoms with Crippen LogP contribution in [0.5, 0.6) is 0 Å². The van der Waals surface area contributed by atoms with Crippen LogP contribution in [0, 0.1) is 18.6 Å². The van der Waals surface area contributed by atoms with Crippen molar-refractivity contribution in [2.45, 2.75) is 58.7 Å². The molecule has 10 nitrogen and oxygen atoms in total. The molecule has 5 rings (SSSR count). The smallest absolute Gasteiger partial charge is 0.354 e. The van der Waals surface area contributed by atoms with E-state index in [9.17, 15) is 28.3 Å². The molecule has 0 aliphatic heterocycles. The van der Waals surface area contributed by atoms with Crippen LogP contribution in [-0.2, 0) is 17.7 Å². The Balaban J connectivity index is 0.000000385. The standard InChI is InChI=1S/C23H23FN4O5.C7H8FN/c1-11-12-7-8-16(14(12)6-5-13(11)22(32)33-23(2,3)4)27-20(29)18-9-17(21(30)31)26-19-15(24)10-25-28(18)19;8-7-3-1-6(5-9)2-4-7/h5-6,9-10,16H,7-8H2,1-4H3,(H,27,29)(H,30,31);1-4H,5,9H2/t16-;/m0./s1. The van der Waals surface area contributed by atoms with E-state index in [1.807, 2.05) is 6.92 Å². The Labute approximate surface area is 240 Å². The SMILES string of the molecule is Cc1c(C(=O)OC(C)(C)C)ccc2c1CC[C@@H]2NC(=O)c1cc(C(=O)O)nc2c(F)cnn12.NCc1ccc(F)cc1. The quantitative estimate of drug-likeness (QED) is 0.292. The van der Waals surface area contributed by atoms with Crippen LogP contribution < -0.4 is 11.1 Å². The zero-order valence-corrected chi connectivity index (χ0v) is 23.6. The lowest BCUT2D eigenvalue weighted by molar-refractivity contribution is 0.00682.